The first-order valence-electron chi connectivity index (χ1n) is 12.6. The number of ether oxygens (including phenoxy) is 2. The smallest absolute Gasteiger partial charge is 0.267 e. The number of methoxy groups -OCH3 is 1. The topological polar surface area (TPSA) is 70.7 Å². The van der Waals surface area contributed by atoms with E-state index in [2.05, 4.69) is 45.0 Å². The van der Waals surface area contributed by atoms with E-state index in [1.165, 1.54) is 9.96 Å². The molecule has 0 radical (unpaired) electrons. The number of hydrogen-bond donors (Lipinski definition) is 0. The fourth-order valence-electron chi connectivity index (χ4n) is 4.51. The van der Waals surface area contributed by atoms with E-state index in [1.54, 1.807) is 24.1 Å². The molecule has 0 saturated heterocycles. The van der Waals surface area contributed by atoms with Gasteiger partial charge in [0.2, 0.25) is 0 Å². The number of pyridine rings is 1. The molecule has 0 spiro atoms. The minimum atomic E-state index is -0.192. The van der Waals surface area contributed by atoms with Gasteiger partial charge in [0, 0.05) is 18.0 Å². The molecule has 0 fully saturated rings. The molecule has 5 aromatic rings. The van der Waals surface area contributed by atoms with Crippen molar-refractivity contribution in [2.75, 3.05) is 7.11 Å². The summed E-state index contributed by atoms with van der Waals surface area (Å²) >= 11 is 0. The van der Waals surface area contributed by atoms with E-state index in [4.69, 9.17) is 19.6 Å². The van der Waals surface area contributed by atoms with Gasteiger partial charge in [0.25, 0.3) is 5.56 Å². The van der Waals surface area contributed by atoms with Crippen molar-refractivity contribution in [1.29, 1.82) is 0 Å². The largest absolute Gasteiger partial charge is 0.497 e. The highest BCUT2D eigenvalue weighted by molar-refractivity contribution is 5.66. The van der Waals surface area contributed by atoms with Crippen molar-refractivity contribution >= 4 is 5.65 Å². The summed E-state index contributed by atoms with van der Waals surface area (Å²) in [6.07, 6.45) is 1.71. The van der Waals surface area contributed by atoms with E-state index >= 15 is 0 Å². The van der Waals surface area contributed by atoms with Crippen LogP contribution >= 0.6 is 0 Å². The van der Waals surface area contributed by atoms with E-state index in [0.717, 1.165) is 22.7 Å². The standard InChI is InChI=1S/C31H32N4O3/c1-20-17-26(33-35(20)24-9-7-10-25(18-24)37-6)28-21(2)32-29-27(11-8-16-34(29)30(28)36)38-19-22-12-14-23(15-13-22)31(3,4)5/h7-18H,19H2,1-6H3. The zero-order valence-corrected chi connectivity index (χ0v) is 22.6. The molecule has 0 saturated carbocycles. The molecule has 194 valence electrons. The fourth-order valence-corrected chi connectivity index (χ4v) is 4.51. The summed E-state index contributed by atoms with van der Waals surface area (Å²) in [4.78, 5) is 18.4. The molecule has 0 unspecified atom stereocenters. The molecule has 2 aromatic carbocycles. The predicted molar refractivity (Wildman–Crippen MR) is 150 cm³/mol. The van der Waals surface area contributed by atoms with Gasteiger partial charge in [-0.05, 0) is 60.7 Å². The van der Waals surface area contributed by atoms with E-state index in [-0.39, 0.29) is 11.0 Å². The number of rotatable bonds is 6. The van der Waals surface area contributed by atoms with Crippen molar-refractivity contribution in [3.05, 3.63) is 106 Å². The lowest BCUT2D eigenvalue weighted by molar-refractivity contribution is 0.307. The summed E-state index contributed by atoms with van der Waals surface area (Å²) in [6.45, 7) is 10.7. The minimum absolute atomic E-state index is 0.0949. The highest BCUT2D eigenvalue weighted by Crippen LogP contribution is 2.26. The van der Waals surface area contributed by atoms with Crippen LogP contribution in [0.15, 0.2) is 77.7 Å². The van der Waals surface area contributed by atoms with Crippen molar-refractivity contribution in [1.82, 2.24) is 19.2 Å². The Morgan fingerprint density at radius 3 is 2.42 bits per heavy atom. The molecule has 0 amide bonds. The van der Waals surface area contributed by atoms with Gasteiger partial charge in [0.1, 0.15) is 18.1 Å². The Morgan fingerprint density at radius 1 is 0.947 bits per heavy atom. The molecular formula is C31H32N4O3. The van der Waals surface area contributed by atoms with E-state index < -0.39 is 0 Å². The van der Waals surface area contributed by atoms with Crippen LogP contribution in [0, 0.1) is 13.8 Å². The van der Waals surface area contributed by atoms with E-state index in [0.29, 0.717) is 35.0 Å². The SMILES string of the molecule is COc1cccc(-n2nc(-c3c(C)nc4c(OCc5ccc(C(C)(C)C)cc5)cccn4c3=O)cc2C)c1. The van der Waals surface area contributed by atoms with Crippen molar-refractivity contribution in [3.63, 3.8) is 0 Å². The Labute approximate surface area is 222 Å². The maximum absolute atomic E-state index is 13.7. The quantitative estimate of drug-likeness (QED) is 0.279. The summed E-state index contributed by atoms with van der Waals surface area (Å²) in [6, 6.07) is 21.6. The second-order valence-corrected chi connectivity index (χ2v) is 10.5. The monoisotopic (exact) mass is 508 g/mol. The zero-order chi connectivity index (χ0) is 27.0. The lowest BCUT2D eigenvalue weighted by atomic mass is 9.87. The van der Waals surface area contributed by atoms with Gasteiger partial charge in [-0.25, -0.2) is 9.67 Å². The van der Waals surface area contributed by atoms with Gasteiger partial charge >= 0.3 is 0 Å². The van der Waals surface area contributed by atoms with Crippen molar-refractivity contribution in [3.8, 4) is 28.4 Å². The number of nitrogens with zero attached hydrogens (tertiary/aromatic N) is 4. The molecule has 0 aliphatic rings. The molecule has 0 aliphatic carbocycles. The lowest BCUT2D eigenvalue weighted by Crippen LogP contribution is -2.19. The molecule has 0 bridgehead atoms. The normalized spacial score (nSPS) is 11.6. The van der Waals surface area contributed by atoms with Crippen LogP contribution in [-0.4, -0.2) is 26.3 Å². The lowest BCUT2D eigenvalue weighted by Gasteiger charge is -2.19. The molecule has 5 rings (SSSR count). The molecule has 0 atom stereocenters. The summed E-state index contributed by atoms with van der Waals surface area (Å²) in [5.74, 6) is 1.29. The molecule has 3 aromatic heterocycles. The van der Waals surface area contributed by atoms with Gasteiger partial charge < -0.3 is 9.47 Å². The highest BCUT2D eigenvalue weighted by Gasteiger charge is 2.19. The summed E-state index contributed by atoms with van der Waals surface area (Å²) in [7, 11) is 1.63. The third kappa shape index (κ3) is 4.79. The second kappa shape index (κ2) is 9.82. The minimum Gasteiger partial charge on any atom is -0.497 e. The van der Waals surface area contributed by atoms with Gasteiger partial charge in [-0.3, -0.25) is 9.20 Å². The Morgan fingerprint density at radius 2 is 1.71 bits per heavy atom. The molecule has 7 nitrogen and oxygen atoms in total. The number of fused-ring (bicyclic) bond motifs is 1. The number of aryl methyl sites for hydroxylation is 2. The van der Waals surface area contributed by atoms with Crippen LogP contribution in [0.2, 0.25) is 0 Å². The molecule has 7 heteroatoms. The summed E-state index contributed by atoms with van der Waals surface area (Å²) < 4.78 is 14.8. The van der Waals surface area contributed by atoms with Gasteiger partial charge in [-0.2, -0.15) is 5.10 Å². The van der Waals surface area contributed by atoms with E-state index in [9.17, 15) is 4.79 Å². The molecule has 0 N–H and O–H groups in total. The first kappa shape index (κ1) is 25.3. The summed E-state index contributed by atoms with van der Waals surface area (Å²) in [5.41, 5.74) is 6.07. The van der Waals surface area contributed by atoms with Crippen LogP contribution in [-0.2, 0) is 12.0 Å². The Bertz CT molecular complexity index is 1680. The molecular weight excluding hydrogens is 476 g/mol. The van der Waals surface area contributed by atoms with Gasteiger partial charge in [0.05, 0.1) is 24.1 Å². The maximum atomic E-state index is 13.7. The third-order valence-electron chi connectivity index (χ3n) is 6.66. The average molecular weight is 509 g/mol. The molecule has 0 aliphatic heterocycles. The maximum Gasteiger partial charge on any atom is 0.267 e. The average Bonchev–Trinajstić information content (AvgIpc) is 3.28. The number of hydrogen-bond acceptors (Lipinski definition) is 5. The predicted octanol–water partition coefficient (Wildman–Crippen LogP) is 6.05. The second-order valence-electron chi connectivity index (χ2n) is 10.5. The van der Waals surface area contributed by atoms with Crippen LogP contribution in [0.1, 0.15) is 43.3 Å². The summed E-state index contributed by atoms with van der Waals surface area (Å²) in [5, 5.41) is 4.75. The zero-order valence-electron chi connectivity index (χ0n) is 22.6. The van der Waals surface area contributed by atoms with Crippen molar-refractivity contribution in [2.24, 2.45) is 0 Å². The molecule has 3 heterocycles. The fraction of sp³-hybridized carbons (Fsp3) is 0.258. The Hall–Kier alpha value is -4.39. The van der Waals surface area contributed by atoms with Crippen LogP contribution < -0.4 is 15.0 Å². The molecule has 38 heavy (non-hydrogen) atoms. The van der Waals surface area contributed by atoms with Crippen LogP contribution in [0.5, 0.6) is 11.5 Å². The van der Waals surface area contributed by atoms with Crippen molar-refractivity contribution in [2.45, 2.75) is 46.6 Å². The Kier molecular flexibility index (Phi) is 6.53. The third-order valence-corrected chi connectivity index (χ3v) is 6.66. The van der Waals surface area contributed by atoms with Crippen LogP contribution in [0.25, 0.3) is 22.6 Å². The van der Waals surface area contributed by atoms with Crippen LogP contribution in [0.4, 0.5) is 0 Å². The van der Waals surface area contributed by atoms with Gasteiger partial charge in [-0.15, -0.1) is 0 Å². The van der Waals surface area contributed by atoms with Gasteiger partial charge in [-0.1, -0.05) is 51.1 Å². The Balaban J connectivity index is 1.48. The van der Waals surface area contributed by atoms with E-state index in [1.807, 2.05) is 50.2 Å². The first-order valence-corrected chi connectivity index (χ1v) is 12.6. The van der Waals surface area contributed by atoms with Gasteiger partial charge in [0.15, 0.2) is 11.4 Å². The first-order chi connectivity index (χ1) is 18.2. The van der Waals surface area contributed by atoms with Crippen molar-refractivity contribution < 1.29 is 9.47 Å². The number of aromatic nitrogens is 4. The van der Waals surface area contributed by atoms with Crippen LogP contribution in [0.3, 0.4) is 0 Å². The number of benzene rings is 2. The highest BCUT2D eigenvalue weighted by atomic mass is 16.5.